The molecule has 5 nitrogen and oxygen atoms in total. The molecule has 22 heavy (non-hydrogen) atoms. The molecule has 0 atom stereocenters. The van der Waals surface area contributed by atoms with Crippen LogP contribution in [0.4, 0.5) is 5.69 Å². The normalized spacial score (nSPS) is 15.7. The Kier molecular flexibility index (Phi) is 6.13. The lowest BCUT2D eigenvalue weighted by molar-refractivity contribution is -0.120. The number of rotatable bonds is 5. The van der Waals surface area contributed by atoms with Crippen LogP contribution >= 0.6 is 0 Å². The van der Waals surface area contributed by atoms with Gasteiger partial charge in [-0.2, -0.15) is 5.10 Å². The van der Waals surface area contributed by atoms with Gasteiger partial charge in [0.05, 0.1) is 0 Å². The first-order chi connectivity index (χ1) is 10.7. The lowest BCUT2D eigenvalue weighted by atomic mass is 9.88. The van der Waals surface area contributed by atoms with Gasteiger partial charge in [-0.05, 0) is 43.5 Å². The largest absolute Gasteiger partial charge is 0.326 e. The summed E-state index contributed by atoms with van der Waals surface area (Å²) in [4.78, 5) is 23.9. The van der Waals surface area contributed by atoms with Gasteiger partial charge >= 0.3 is 0 Å². The van der Waals surface area contributed by atoms with Crippen molar-refractivity contribution in [1.29, 1.82) is 0 Å². The summed E-state index contributed by atoms with van der Waals surface area (Å²) in [5.41, 5.74) is 3.70. The molecule has 2 amide bonds. The molecule has 0 unspecified atom stereocenters. The molecule has 1 aliphatic carbocycles. The van der Waals surface area contributed by atoms with Crippen LogP contribution in [-0.2, 0) is 4.79 Å². The minimum absolute atomic E-state index is 0.0875. The number of anilines is 1. The van der Waals surface area contributed by atoms with Crippen LogP contribution in [0.3, 0.4) is 0 Å². The number of carbonyl (C=O) groups is 2. The molecule has 0 aliphatic heterocycles. The maximum absolute atomic E-state index is 12.2. The highest BCUT2D eigenvalue weighted by molar-refractivity contribution is 5.96. The molecule has 0 saturated heterocycles. The summed E-state index contributed by atoms with van der Waals surface area (Å²) in [7, 11) is 0. The van der Waals surface area contributed by atoms with Gasteiger partial charge in [0, 0.05) is 23.4 Å². The van der Waals surface area contributed by atoms with E-state index in [-0.39, 0.29) is 17.7 Å². The monoisotopic (exact) mass is 301 g/mol. The van der Waals surface area contributed by atoms with Crippen LogP contribution in [0.25, 0.3) is 0 Å². The first-order valence-electron chi connectivity index (χ1n) is 7.93. The van der Waals surface area contributed by atoms with Crippen LogP contribution in [0.5, 0.6) is 0 Å². The van der Waals surface area contributed by atoms with Gasteiger partial charge in [0.1, 0.15) is 0 Å². The molecular weight excluding hydrogens is 278 g/mol. The molecule has 2 N–H and O–H groups in total. The molecule has 1 aromatic rings. The summed E-state index contributed by atoms with van der Waals surface area (Å²) < 4.78 is 0. The molecular formula is C17H23N3O2. The number of hydrazone groups is 1. The van der Waals surface area contributed by atoms with E-state index >= 15 is 0 Å². The van der Waals surface area contributed by atoms with Crippen molar-refractivity contribution in [3.63, 3.8) is 0 Å². The van der Waals surface area contributed by atoms with E-state index < -0.39 is 0 Å². The van der Waals surface area contributed by atoms with Crippen molar-refractivity contribution in [3.05, 3.63) is 29.8 Å². The summed E-state index contributed by atoms with van der Waals surface area (Å²) in [6.07, 6.45) is 7.85. The summed E-state index contributed by atoms with van der Waals surface area (Å²) in [5.74, 6) is -0.0422. The zero-order valence-corrected chi connectivity index (χ0v) is 13.0. The molecule has 1 aliphatic rings. The molecule has 0 aromatic heterocycles. The maximum atomic E-state index is 12.2. The van der Waals surface area contributed by atoms with Crippen LogP contribution < -0.4 is 10.7 Å². The van der Waals surface area contributed by atoms with Gasteiger partial charge in [-0.15, -0.1) is 0 Å². The fourth-order valence-corrected chi connectivity index (χ4v) is 2.57. The summed E-state index contributed by atoms with van der Waals surface area (Å²) in [5, 5.41) is 6.73. The molecule has 2 rings (SSSR count). The lowest BCUT2D eigenvalue weighted by Gasteiger charge is -2.20. The van der Waals surface area contributed by atoms with Gasteiger partial charge in [0.2, 0.25) is 5.91 Å². The standard InChI is InChI=1S/C17H23N3O2/c1-2-12-18-20-17(22)14-8-10-15(11-9-14)19-16(21)13-6-4-3-5-7-13/h8-13H,2-7H2,1H3,(H,19,21)(H,20,22)/b18-12+. The zero-order valence-electron chi connectivity index (χ0n) is 13.0. The number of hydrogen-bond donors (Lipinski definition) is 2. The fraction of sp³-hybridized carbons (Fsp3) is 0.471. The van der Waals surface area contributed by atoms with Crippen molar-refractivity contribution in [2.45, 2.75) is 45.4 Å². The number of nitrogens with one attached hydrogen (secondary N) is 2. The van der Waals surface area contributed by atoms with Gasteiger partial charge in [-0.3, -0.25) is 9.59 Å². The van der Waals surface area contributed by atoms with Gasteiger partial charge in [0.15, 0.2) is 0 Å². The Bertz CT molecular complexity index is 531. The molecule has 1 aromatic carbocycles. The van der Waals surface area contributed by atoms with Crippen LogP contribution in [-0.4, -0.2) is 18.0 Å². The van der Waals surface area contributed by atoms with E-state index in [1.807, 2.05) is 6.92 Å². The third-order valence-corrected chi connectivity index (χ3v) is 3.83. The number of nitrogens with zero attached hydrogens (tertiary/aromatic N) is 1. The third kappa shape index (κ3) is 4.69. The Hall–Kier alpha value is -2.17. The average molecular weight is 301 g/mol. The predicted molar refractivity (Wildman–Crippen MR) is 87.9 cm³/mol. The van der Waals surface area contributed by atoms with Crippen molar-refractivity contribution < 1.29 is 9.59 Å². The first-order valence-corrected chi connectivity index (χ1v) is 7.93. The van der Waals surface area contributed by atoms with Crippen LogP contribution in [0.1, 0.15) is 55.8 Å². The van der Waals surface area contributed by atoms with Gasteiger partial charge in [-0.1, -0.05) is 26.2 Å². The second-order valence-electron chi connectivity index (χ2n) is 5.56. The minimum Gasteiger partial charge on any atom is -0.326 e. The van der Waals surface area contributed by atoms with Gasteiger partial charge in [0.25, 0.3) is 5.91 Å². The number of carbonyl (C=O) groups excluding carboxylic acids is 2. The molecule has 1 fully saturated rings. The summed E-state index contributed by atoms with van der Waals surface area (Å²) in [6, 6.07) is 6.87. The first kappa shape index (κ1) is 16.2. The number of benzene rings is 1. The van der Waals surface area contributed by atoms with E-state index in [2.05, 4.69) is 15.8 Å². The third-order valence-electron chi connectivity index (χ3n) is 3.83. The highest BCUT2D eigenvalue weighted by Gasteiger charge is 2.20. The molecule has 0 spiro atoms. The van der Waals surface area contributed by atoms with E-state index in [4.69, 9.17) is 0 Å². The Morgan fingerprint density at radius 2 is 1.86 bits per heavy atom. The summed E-state index contributed by atoms with van der Waals surface area (Å²) >= 11 is 0. The Balaban J connectivity index is 1.89. The SMILES string of the molecule is CC/C=N/NC(=O)c1ccc(NC(=O)C2CCCCC2)cc1. The van der Waals surface area contributed by atoms with E-state index in [1.165, 1.54) is 6.42 Å². The number of amides is 2. The maximum Gasteiger partial charge on any atom is 0.271 e. The van der Waals surface area contributed by atoms with Gasteiger partial charge < -0.3 is 5.32 Å². The molecule has 0 bridgehead atoms. The second kappa shape index (κ2) is 8.32. The van der Waals surface area contributed by atoms with Crippen molar-refractivity contribution in [2.75, 3.05) is 5.32 Å². The molecule has 1 saturated carbocycles. The topological polar surface area (TPSA) is 70.6 Å². The highest BCUT2D eigenvalue weighted by atomic mass is 16.2. The Morgan fingerprint density at radius 1 is 1.18 bits per heavy atom. The quantitative estimate of drug-likeness (QED) is 0.647. The van der Waals surface area contributed by atoms with Gasteiger partial charge in [-0.25, -0.2) is 5.43 Å². The smallest absolute Gasteiger partial charge is 0.271 e. The zero-order chi connectivity index (χ0) is 15.8. The Labute approximate surface area is 131 Å². The van der Waals surface area contributed by atoms with Crippen molar-refractivity contribution in [3.8, 4) is 0 Å². The van der Waals surface area contributed by atoms with Crippen molar-refractivity contribution in [2.24, 2.45) is 11.0 Å². The average Bonchev–Trinajstić information content (AvgIpc) is 2.56. The van der Waals surface area contributed by atoms with E-state index in [1.54, 1.807) is 30.5 Å². The highest BCUT2D eigenvalue weighted by Crippen LogP contribution is 2.25. The fourth-order valence-electron chi connectivity index (χ4n) is 2.57. The lowest BCUT2D eigenvalue weighted by Crippen LogP contribution is -2.24. The molecule has 5 heteroatoms. The molecule has 0 radical (unpaired) electrons. The van der Waals surface area contributed by atoms with E-state index in [0.29, 0.717) is 5.56 Å². The van der Waals surface area contributed by atoms with Crippen LogP contribution in [0.2, 0.25) is 0 Å². The van der Waals surface area contributed by atoms with Crippen molar-refractivity contribution >= 4 is 23.7 Å². The van der Waals surface area contributed by atoms with E-state index in [9.17, 15) is 9.59 Å². The van der Waals surface area contributed by atoms with E-state index in [0.717, 1.165) is 37.8 Å². The van der Waals surface area contributed by atoms with Crippen molar-refractivity contribution in [1.82, 2.24) is 5.43 Å². The molecule has 118 valence electrons. The van der Waals surface area contributed by atoms with Crippen LogP contribution in [0, 0.1) is 5.92 Å². The number of hydrogen-bond acceptors (Lipinski definition) is 3. The minimum atomic E-state index is -0.255. The Morgan fingerprint density at radius 3 is 2.50 bits per heavy atom. The van der Waals surface area contributed by atoms with Crippen LogP contribution in [0.15, 0.2) is 29.4 Å². The molecule has 0 heterocycles. The summed E-state index contributed by atoms with van der Waals surface area (Å²) in [6.45, 7) is 1.94. The predicted octanol–water partition coefficient (Wildman–Crippen LogP) is 3.33. The second-order valence-corrected chi connectivity index (χ2v) is 5.56.